The largest absolute Gasteiger partial charge is 0.459 e. The fourth-order valence-electron chi connectivity index (χ4n) is 1.77. The molecule has 0 atom stereocenters. The first-order valence-corrected chi connectivity index (χ1v) is 7.60. The molecule has 1 aromatic heterocycles. The third kappa shape index (κ3) is 4.96. The standard InChI is InChI=1S/C17H15BrN2O3/c1-2-8-19-16(21)14(11-12-5-3-6-13(18)10-12)20-17(22)15-7-4-9-23-15/h2-7,9-11H,1,8H2,(H,19,21)(H,20,22)/b14-11+. The maximum absolute atomic E-state index is 12.2. The summed E-state index contributed by atoms with van der Waals surface area (Å²) in [5.74, 6) is -0.781. The van der Waals surface area contributed by atoms with Gasteiger partial charge in [0.15, 0.2) is 5.76 Å². The molecule has 1 aromatic carbocycles. The summed E-state index contributed by atoms with van der Waals surface area (Å²) in [5.41, 5.74) is 0.884. The molecule has 1 heterocycles. The van der Waals surface area contributed by atoms with Gasteiger partial charge in [0.25, 0.3) is 11.8 Å². The number of halogens is 1. The Kier molecular flexibility index (Phi) is 5.94. The molecule has 0 saturated heterocycles. The zero-order chi connectivity index (χ0) is 16.7. The van der Waals surface area contributed by atoms with Crippen LogP contribution in [0.5, 0.6) is 0 Å². The van der Waals surface area contributed by atoms with Crippen LogP contribution in [0.4, 0.5) is 0 Å². The van der Waals surface area contributed by atoms with Gasteiger partial charge in [-0.05, 0) is 35.9 Å². The van der Waals surface area contributed by atoms with Crippen LogP contribution < -0.4 is 10.6 Å². The lowest BCUT2D eigenvalue weighted by Gasteiger charge is -2.09. The highest BCUT2D eigenvalue weighted by molar-refractivity contribution is 9.10. The molecule has 0 bridgehead atoms. The van der Waals surface area contributed by atoms with Crippen molar-refractivity contribution in [3.8, 4) is 0 Å². The van der Waals surface area contributed by atoms with Crippen LogP contribution in [0.3, 0.4) is 0 Å². The summed E-state index contributed by atoms with van der Waals surface area (Å²) in [6.45, 7) is 3.84. The van der Waals surface area contributed by atoms with Crippen molar-refractivity contribution >= 4 is 33.8 Å². The summed E-state index contributed by atoms with van der Waals surface area (Å²) in [6.07, 6.45) is 4.54. The highest BCUT2D eigenvalue weighted by Crippen LogP contribution is 2.14. The lowest BCUT2D eigenvalue weighted by molar-refractivity contribution is -0.117. The summed E-state index contributed by atoms with van der Waals surface area (Å²) < 4.78 is 5.90. The van der Waals surface area contributed by atoms with Crippen LogP contribution >= 0.6 is 15.9 Å². The van der Waals surface area contributed by atoms with E-state index in [0.717, 1.165) is 10.0 Å². The average molecular weight is 375 g/mol. The number of carbonyl (C=O) groups is 2. The Labute approximate surface area is 142 Å². The molecule has 0 unspecified atom stereocenters. The number of amides is 2. The fraction of sp³-hybridized carbons (Fsp3) is 0.0588. The van der Waals surface area contributed by atoms with Gasteiger partial charge < -0.3 is 15.1 Å². The monoisotopic (exact) mass is 374 g/mol. The Morgan fingerprint density at radius 1 is 1.26 bits per heavy atom. The molecule has 118 valence electrons. The van der Waals surface area contributed by atoms with E-state index in [1.807, 2.05) is 24.3 Å². The van der Waals surface area contributed by atoms with Crippen LogP contribution in [-0.4, -0.2) is 18.4 Å². The first-order chi connectivity index (χ1) is 11.1. The van der Waals surface area contributed by atoms with Gasteiger partial charge in [-0.15, -0.1) is 6.58 Å². The van der Waals surface area contributed by atoms with E-state index in [0.29, 0.717) is 6.54 Å². The van der Waals surface area contributed by atoms with Crippen molar-refractivity contribution in [2.45, 2.75) is 0 Å². The van der Waals surface area contributed by atoms with E-state index >= 15 is 0 Å². The average Bonchev–Trinajstić information content (AvgIpc) is 3.06. The molecule has 5 nitrogen and oxygen atoms in total. The number of furan rings is 1. The lowest BCUT2D eigenvalue weighted by Crippen LogP contribution is -2.34. The summed E-state index contributed by atoms with van der Waals surface area (Å²) >= 11 is 3.37. The molecule has 0 saturated carbocycles. The quantitative estimate of drug-likeness (QED) is 0.602. The van der Waals surface area contributed by atoms with Crippen LogP contribution in [0.1, 0.15) is 16.1 Å². The fourth-order valence-corrected chi connectivity index (χ4v) is 2.19. The van der Waals surface area contributed by atoms with Crippen molar-refractivity contribution in [3.05, 3.63) is 76.8 Å². The lowest BCUT2D eigenvalue weighted by atomic mass is 10.2. The van der Waals surface area contributed by atoms with Crippen molar-refractivity contribution in [1.29, 1.82) is 0 Å². The minimum absolute atomic E-state index is 0.117. The second kappa shape index (κ2) is 8.14. The summed E-state index contributed by atoms with van der Waals surface area (Å²) in [7, 11) is 0. The van der Waals surface area contributed by atoms with Crippen molar-refractivity contribution in [2.24, 2.45) is 0 Å². The zero-order valence-corrected chi connectivity index (χ0v) is 13.8. The maximum atomic E-state index is 12.2. The normalized spacial score (nSPS) is 10.9. The van der Waals surface area contributed by atoms with Gasteiger partial charge in [0.1, 0.15) is 5.70 Å². The molecule has 2 rings (SSSR count). The molecular weight excluding hydrogens is 360 g/mol. The second-order valence-corrected chi connectivity index (χ2v) is 5.46. The van der Waals surface area contributed by atoms with Gasteiger partial charge in [-0.3, -0.25) is 9.59 Å². The van der Waals surface area contributed by atoms with E-state index < -0.39 is 11.8 Å². The number of carbonyl (C=O) groups excluding carboxylic acids is 2. The van der Waals surface area contributed by atoms with Gasteiger partial charge in [0.2, 0.25) is 0 Å². The predicted octanol–water partition coefficient (Wildman–Crippen LogP) is 3.12. The Bertz CT molecular complexity index is 736. The molecule has 0 aliphatic rings. The van der Waals surface area contributed by atoms with Gasteiger partial charge in [-0.25, -0.2) is 0 Å². The van der Waals surface area contributed by atoms with Gasteiger partial charge in [0, 0.05) is 11.0 Å². The molecule has 2 aromatic rings. The highest BCUT2D eigenvalue weighted by Gasteiger charge is 2.15. The highest BCUT2D eigenvalue weighted by atomic mass is 79.9. The van der Waals surface area contributed by atoms with E-state index in [1.54, 1.807) is 18.2 Å². The van der Waals surface area contributed by atoms with Gasteiger partial charge >= 0.3 is 0 Å². The molecule has 0 radical (unpaired) electrons. The minimum Gasteiger partial charge on any atom is -0.459 e. The number of nitrogens with one attached hydrogen (secondary N) is 2. The zero-order valence-electron chi connectivity index (χ0n) is 12.2. The van der Waals surface area contributed by atoms with Crippen molar-refractivity contribution < 1.29 is 14.0 Å². The second-order valence-electron chi connectivity index (χ2n) is 4.54. The first-order valence-electron chi connectivity index (χ1n) is 6.81. The maximum Gasteiger partial charge on any atom is 0.291 e. The van der Waals surface area contributed by atoms with E-state index in [9.17, 15) is 9.59 Å². The van der Waals surface area contributed by atoms with Crippen LogP contribution in [0.25, 0.3) is 6.08 Å². The van der Waals surface area contributed by atoms with E-state index in [-0.39, 0.29) is 11.5 Å². The molecule has 23 heavy (non-hydrogen) atoms. The summed E-state index contributed by atoms with van der Waals surface area (Å²) in [6, 6.07) is 10.5. The van der Waals surface area contributed by atoms with Crippen molar-refractivity contribution in [2.75, 3.05) is 6.54 Å². The smallest absolute Gasteiger partial charge is 0.291 e. The van der Waals surface area contributed by atoms with Crippen LogP contribution in [-0.2, 0) is 4.79 Å². The Balaban J connectivity index is 2.25. The molecule has 0 spiro atoms. The minimum atomic E-state index is -0.495. The topological polar surface area (TPSA) is 71.3 Å². The predicted molar refractivity (Wildman–Crippen MR) is 91.5 cm³/mol. The Morgan fingerprint density at radius 3 is 2.74 bits per heavy atom. The van der Waals surface area contributed by atoms with E-state index in [4.69, 9.17) is 4.42 Å². The van der Waals surface area contributed by atoms with Crippen LogP contribution in [0, 0.1) is 0 Å². The van der Waals surface area contributed by atoms with Crippen molar-refractivity contribution in [1.82, 2.24) is 10.6 Å². The number of benzene rings is 1. The molecule has 0 fully saturated rings. The summed E-state index contributed by atoms with van der Waals surface area (Å²) in [5, 5.41) is 5.20. The third-order valence-electron chi connectivity index (χ3n) is 2.80. The molecule has 2 amide bonds. The van der Waals surface area contributed by atoms with Crippen LogP contribution in [0.2, 0.25) is 0 Å². The van der Waals surface area contributed by atoms with Gasteiger partial charge in [0.05, 0.1) is 6.26 Å². The van der Waals surface area contributed by atoms with Gasteiger partial charge in [-0.2, -0.15) is 0 Å². The molecule has 0 aliphatic carbocycles. The number of hydrogen-bond acceptors (Lipinski definition) is 3. The van der Waals surface area contributed by atoms with E-state index in [1.165, 1.54) is 12.3 Å². The molecule has 2 N–H and O–H groups in total. The van der Waals surface area contributed by atoms with Crippen molar-refractivity contribution in [3.63, 3.8) is 0 Å². The first kappa shape index (κ1) is 16.8. The van der Waals surface area contributed by atoms with E-state index in [2.05, 4.69) is 33.1 Å². The molecule has 6 heteroatoms. The number of rotatable bonds is 6. The SMILES string of the molecule is C=CCNC(=O)/C(=C\c1cccc(Br)c1)NC(=O)c1ccco1. The van der Waals surface area contributed by atoms with Gasteiger partial charge in [-0.1, -0.05) is 34.1 Å². The molecular formula is C17H15BrN2O3. The molecule has 0 aliphatic heterocycles. The Morgan fingerprint density at radius 2 is 2.09 bits per heavy atom. The summed E-state index contributed by atoms with van der Waals surface area (Å²) in [4.78, 5) is 24.3. The Hall–Kier alpha value is -2.60. The number of hydrogen-bond donors (Lipinski definition) is 2. The third-order valence-corrected chi connectivity index (χ3v) is 3.30. The van der Waals surface area contributed by atoms with Crippen LogP contribution in [0.15, 0.2) is 69.9 Å².